The predicted molar refractivity (Wildman–Crippen MR) is 116 cm³/mol. The molecule has 2 unspecified atom stereocenters. The highest BCUT2D eigenvalue weighted by atomic mass is 19.3. The van der Waals surface area contributed by atoms with Crippen LogP contribution in [-0.4, -0.2) is 57.3 Å². The van der Waals surface area contributed by atoms with Crippen LogP contribution in [0.1, 0.15) is 35.7 Å². The molecule has 2 aliphatic rings. The van der Waals surface area contributed by atoms with Crippen molar-refractivity contribution in [1.82, 2.24) is 24.5 Å². The van der Waals surface area contributed by atoms with Gasteiger partial charge in [-0.25, -0.2) is 13.8 Å². The highest BCUT2D eigenvalue weighted by Gasteiger charge is 2.46. The zero-order valence-electron chi connectivity index (χ0n) is 18.0. The second-order valence-corrected chi connectivity index (χ2v) is 8.34. The van der Waals surface area contributed by atoms with Gasteiger partial charge in [0.05, 0.1) is 18.3 Å². The van der Waals surface area contributed by atoms with Crippen molar-refractivity contribution in [3.63, 3.8) is 0 Å². The molecular weight excluding hydrogens is 436 g/mol. The monoisotopic (exact) mass is 459 g/mol. The number of carbonyl (C=O) groups excluding carboxylic acids is 1. The molecule has 33 heavy (non-hydrogen) atoms. The van der Waals surface area contributed by atoms with Gasteiger partial charge in [-0.15, -0.1) is 0 Å². The summed E-state index contributed by atoms with van der Waals surface area (Å²) in [6, 6.07) is 4.22. The van der Waals surface area contributed by atoms with E-state index in [1.165, 1.54) is 21.5 Å². The molecular formula is C21H23F2N7O3. The Morgan fingerprint density at radius 2 is 2.12 bits per heavy atom. The Morgan fingerprint density at radius 3 is 2.79 bits per heavy atom. The number of fused-ring (bicyclic) bond motifs is 1. The van der Waals surface area contributed by atoms with Crippen molar-refractivity contribution >= 4 is 28.9 Å². The SMILES string of the molecule is CNc1cc(Nc2cccn(C3CC(F)(F)C3)c2=O)nc2c(C(=O)NC3CC3OC)cnn12. The van der Waals surface area contributed by atoms with Gasteiger partial charge in [0.1, 0.15) is 22.9 Å². The van der Waals surface area contributed by atoms with Crippen LogP contribution < -0.4 is 21.5 Å². The summed E-state index contributed by atoms with van der Waals surface area (Å²) in [5.74, 6) is -2.21. The van der Waals surface area contributed by atoms with Gasteiger partial charge in [0.2, 0.25) is 0 Å². The van der Waals surface area contributed by atoms with Crippen molar-refractivity contribution in [3.05, 3.63) is 46.5 Å². The van der Waals surface area contributed by atoms with Crippen LogP contribution in [0, 0.1) is 0 Å². The lowest BCUT2D eigenvalue weighted by molar-refractivity contribution is -0.104. The molecule has 3 heterocycles. The summed E-state index contributed by atoms with van der Waals surface area (Å²) < 4.78 is 34.6. The highest BCUT2D eigenvalue weighted by molar-refractivity contribution is 6.00. The van der Waals surface area contributed by atoms with Gasteiger partial charge in [-0.1, -0.05) is 0 Å². The second-order valence-electron chi connectivity index (χ2n) is 8.34. The quantitative estimate of drug-likeness (QED) is 0.496. The summed E-state index contributed by atoms with van der Waals surface area (Å²) >= 11 is 0. The molecule has 0 bridgehead atoms. The Hall–Kier alpha value is -3.54. The molecule has 2 fully saturated rings. The normalized spacial score (nSPS) is 21.5. The minimum Gasteiger partial charge on any atom is -0.379 e. The number of alkyl halides is 2. The van der Waals surface area contributed by atoms with E-state index < -0.39 is 17.5 Å². The molecule has 2 aliphatic carbocycles. The fourth-order valence-corrected chi connectivity index (χ4v) is 4.05. The van der Waals surface area contributed by atoms with E-state index in [9.17, 15) is 18.4 Å². The maximum Gasteiger partial charge on any atom is 0.274 e. The first-order chi connectivity index (χ1) is 15.8. The molecule has 3 N–H and O–H groups in total. The third-order valence-corrected chi connectivity index (χ3v) is 6.02. The zero-order valence-corrected chi connectivity index (χ0v) is 18.0. The van der Waals surface area contributed by atoms with Crippen molar-refractivity contribution in [2.45, 2.75) is 43.4 Å². The maximum absolute atomic E-state index is 13.3. The number of amides is 1. The zero-order chi connectivity index (χ0) is 23.3. The number of pyridine rings is 1. The number of methoxy groups -OCH3 is 1. The smallest absolute Gasteiger partial charge is 0.274 e. The third-order valence-electron chi connectivity index (χ3n) is 6.02. The van der Waals surface area contributed by atoms with Crippen LogP contribution in [0.2, 0.25) is 0 Å². The predicted octanol–water partition coefficient (Wildman–Crippen LogP) is 2.16. The van der Waals surface area contributed by atoms with Crippen LogP contribution in [0.15, 0.2) is 35.4 Å². The number of anilines is 3. The maximum atomic E-state index is 13.3. The number of hydrogen-bond acceptors (Lipinski definition) is 7. The largest absolute Gasteiger partial charge is 0.379 e. The Morgan fingerprint density at radius 1 is 1.33 bits per heavy atom. The Kier molecular flexibility index (Phi) is 5.04. The summed E-state index contributed by atoms with van der Waals surface area (Å²) in [6.45, 7) is 0. The number of nitrogens with zero attached hydrogens (tertiary/aromatic N) is 4. The van der Waals surface area contributed by atoms with Crippen molar-refractivity contribution < 1.29 is 18.3 Å². The second kappa shape index (κ2) is 7.80. The molecule has 0 aromatic carbocycles. The number of aromatic nitrogens is 4. The van der Waals surface area contributed by atoms with Crippen LogP contribution in [0.5, 0.6) is 0 Å². The van der Waals surface area contributed by atoms with E-state index in [0.717, 1.165) is 6.42 Å². The third kappa shape index (κ3) is 3.90. The molecule has 0 aliphatic heterocycles. The van der Waals surface area contributed by atoms with E-state index in [-0.39, 0.29) is 42.1 Å². The van der Waals surface area contributed by atoms with E-state index >= 15 is 0 Å². The molecule has 2 saturated carbocycles. The van der Waals surface area contributed by atoms with Gasteiger partial charge >= 0.3 is 0 Å². The van der Waals surface area contributed by atoms with Gasteiger partial charge in [0.25, 0.3) is 17.4 Å². The van der Waals surface area contributed by atoms with E-state index in [1.54, 1.807) is 32.4 Å². The van der Waals surface area contributed by atoms with E-state index in [0.29, 0.717) is 17.3 Å². The molecule has 10 nitrogen and oxygen atoms in total. The minimum atomic E-state index is -2.73. The van der Waals surface area contributed by atoms with Gasteiger partial charge in [0, 0.05) is 45.3 Å². The molecule has 174 valence electrons. The lowest BCUT2D eigenvalue weighted by Gasteiger charge is -2.36. The first-order valence-electron chi connectivity index (χ1n) is 10.6. The summed E-state index contributed by atoms with van der Waals surface area (Å²) in [4.78, 5) is 30.1. The van der Waals surface area contributed by atoms with E-state index in [4.69, 9.17) is 4.74 Å². The van der Waals surface area contributed by atoms with Gasteiger partial charge in [0.15, 0.2) is 5.65 Å². The van der Waals surface area contributed by atoms with Crippen molar-refractivity contribution in [2.75, 3.05) is 24.8 Å². The first kappa shape index (κ1) is 21.3. The van der Waals surface area contributed by atoms with Gasteiger partial charge < -0.3 is 25.3 Å². The summed E-state index contributed by atoms with van der Waals surface area (Å²) in [5, 5.41) is 13.1. The Balaban J connectivity index is 1.44. The van der Waals surface area contributed by atoms with Gasteiger partial charge in [-0.2, -0.15) is 9.61 Å². The minimum absolute atomic E-state index is 0.00436. The summed E-state index contributed by atoms with van der Waals surface area (Å²) in [5.41, 5.74) is 0.347. The molecule has 2 atom stereocenters. The fourth-order valence-electron chi connectivity index (χ4n) is 4.05. The number of rotatable bonds is 7. The van der Waals surface area contributed by atoms with Crippen molar-refractivity contribution in [2.24, 2.45) is 0 Å². The number of carbonyl (C=O) groups is 1. The topological polar surface area (TPSA) is 115 Å². The number of halogens is 2. The van der Waals surface area contributed by atoms with E-state index in [2.05, 4.69) is 26.0 Å². The standard InChI is InChI=1S/C21H23F2N7O3/c1-24-17-7-16(26-13-4-3-5-29(20(13)32)11-8-21(22,23)9-11)28-18-12(10-25-30(17)18)19(31)27-14-6-15(14)33-2/h3-5,7,10-11,14-15,24H,6,8-9H2,1-2H3,(H,26,28)(H,27,31). The molecule has 12 heteroatoms. The van der Waals surface area contributed by atoms with Crippen molar-refractivity contribution in [1.29, 1.82) is 0 Å². The van der Waals surface area contributed by atoms with Gasteiger partial charge in [-0.3, -0.25) is 9.59 Å². The number of nitrogens with one attached hydrogen (secondary N) is 3. The lowest BCUT2D eigenvalue weighted by atomic mass is 9.88. The average molecular weight is 459 g/mol. The number of ether oxygens (including phenoxy) is 1. The molecule has 3 aromatic heterocycles. The Bertz CT molecular complexity index is 1280. The van der Waals surface area contributed by atoms with Crippen LogP contribution in [0.3, 0.4) is 0 Å². The molecule has 1 amide bonds. The first-order valence-corrected chi connectivity index (χ1v) is 10.6. The summed E-state index contributed by atoms with van der Waals surface area (Å²) in [6.07, 6.45) is 2.97. The molecule has 5 rings (SSSR count). The molecule has 3 aromatic rings. The van der Waals surface area contributed by atoms with E-state index in [1.807, 2.05) is 0 Å². The Labute approximate surface area is 186 Å². The number of hydrogen-bond donors (Lipinski definition) is 3. The summed E-state index contributed by atoms with van der Waals surface area (Å²) in [7, 11) is 3.29. The van der Waals surface area contributed by atoms with Crippen LogP contribution in [0.25, 0.3) is 5.65 Å². The van der Waals surface area contributed by atoms with Crippen molar-refractivity contribution in [3.8, 4) is 0 Å². The molecule has 0 saturated heterocycles. The van der Waals surface area contributed by atoms with Gasteiger partial charge in [-0.05, 0) is 18.6 Å². The molecule has 0 radical (unpaired) electrons. The van der Waals surface area contributed by atoms with Crippen LogP contribution >= 0.6 is 0 Å². The molecule has 0 spiro atoms. The fraction of sp³-hybridized carbons (Fsp3) is 0.429. The lowest BCUT2D eigenvalue weighted by Crippen LogP contribution is -2.41. The average Bonchev–Trinajstić information content (AvgIpc) is 3.38. The van der Waals surface area contributed by atoms with Crippen LogP contribution in [-0.2, 0) is 4.74 Å². The van der Waals surface area contributed by atoms with Crippen LogP contribution in [0.4, 0.5) is 26.1 Å². The highest BCUT2D eigenvalue weighted by Crippen LogP contribution is 2.44.